The second-order valence-corrected chi connectivity index (χ2v) is 6.29. The van der Waals surface area contributed by atoms with Gasteiger partial charge in [0.25, 0.3) is 5.91 Å². The monoisotopic (exact) mass is 336 g/mol. The molecule has 1 aliphatic rings. The Kier molecular flexibility index (Phi) is 5.64. The first kappa shape index (κ1) is 18.0. The number of carbonyl (C=O) groups excluding carboxylic acids is 2. The van der Waals surface area contributed by atoms with E-state index < -0.39 is 5.97 Å². The van der Waals surface area contributed by atoms with Crippen LogP contribution in [0.2, 0.25) is 0 Å². The van der Waals surface area contributed by atoms with Gasteiger partial charge in [0.05, 0.1) is 0 Å². The number of rotatable bonds is 4. The summed E-state index contributed by atoms with van der Waals surface area (Å²) in [7, 11) is 0. The number of aliphatic carboxylic acids is 1. The summed E-state index contributed by atoms with van der Waals surface area (Å²) in [6.45, 7) is 5.78. The highest BCUT2D eigenvalue weighted by Crippen LogP contribution is 2.21. The van der Waals surface area contributed by atoms with Crippen molar-refractivity contribution in [2.75, 3.05) is 19.6 Å². The van der Waals surface area contributed by atoms with Crippen molar-refractivity contribution in [3.05, 3.63) is 23.2 Å². The summed E-state index contributed by atoms with van der Waals surface area (Å²) in [4.78, 5) is 38.5. The first-order valence-corrected chi connectivity index (χ1v) is 8.15. The molecular weight excluding hydrogens is 312 g/mol. The summed E-state index contributed by atoms with van der Waals surface area (Å²) in [5.41, 5.74) is 0.814. The van der Waals surface area contributed by atoms with Gasteiger partial charge >= 0.3 is 5.97 Å². The van der Waals surface area contributed by atoms with Crippen molar-refractivity contribution in [2.45, 2.75) is 46.1 Å². The van der Waals surface area contributed by atoms with Gasteiger partial charge in [-0.15, -0.1) is 0 Å². The standard InChI is InChI=1S/C17H24N2O5/c1-11-9-12(2)24-16(11)17(23)18-7-4-5-14(6-8-18)19(13(3)20)10-15(21)22/h9,14H,4-8,10H2,1-3H3,(H,21,22). The maximum absolute atomic E-state index is 12.6. The number of amides is 2. The zero-order valence-electron chi connectivity index (χ0n) is 14.4. The number of carboxylic acid groups (broad SMARTS) is 1. The van der Waals surface area contributed by atoms with E-state index in [1.807, 2.05) is 13.0 Å². The van der Waals surface area contributed by atoms with Crippen LogP contribution in [0.4, 0.5) is 0 Å². The molecule has 2 rings (SSSR count). The van der Waals surface area contributed by atoms with Crippen LogP contribution in [0.25, 0.3) is 0 Å². The van der Waals surface area contributed by atoms with E-state index in [-0.39, 0.29) is 24.4 Å². The Bertz CT molecular complexity index is 637. The molecule has 1 aromatic heterocycles. The topological polar surface area (TPSA) is 91.1 Å². The largest absolute Gasteiger partial charge is 0.480 e. The number of carbonyl (C=O) groups is 3. The van der Waals surface area contributed by atoms with Gasteiger partial charge in [0.1, 0.15) is 12.3 Å². The van der Waals surface area contributed by atoms with Crippen molar-refractivity contribution in [1.82, 2.24) is 9.80 Å². The molecule has 7 nitrogen and oxygen atoms in total. The van der Waals surface area contributed by atoms with Crippen molar-refractivity contribution in [3.63, 3.8) is 0 Å². The Balaban J connectivity index is 2.06. The van der Waals surface area contributed by atoms with Crippen LogP contribution in [0.3, 0.4) is 0 Å². The third kappa shape index (κ3) is 4.15. The summed E-state index contributed by atoms with van der Waals surface area (Å²) < 4.78 is 5.50. The van der Waals surface area contributed by atoms with Gasteiger partial charge in [-0.05, 0) is 39.2 Å². The predicted octanol–water partition coefficient (Wildman–Crippen LogP) is 1.82. The third-order valence-corrected chi connectivity index (χ3v) is 4.37. The normalized spacial score (nSPS) is 18.1. The summed E-state index contributed by atoms with van der Waals surface area (Å²) in [6, 6.07) is 1.67. The minimum atomic E-state index is -1.02. The van der Waals surface area contributed by atoms with E-state index in [4.69, 9.17) is 9.52 Å². The smallest absolute Gasteiger partial charge is 0.323 e. The van der Waals surface area contributed by atoms with Crippen LogP contribution in [0, 0.1) is 13.8 Å². The van der Waals surface area contributed by atoms with Gasteiger partial charge in [0.15, 0.2) is 5.76 Å². The molecule has 0 saturated carbocycles. The van der Waals surface area contributed by atoms with Gasteiger partial charge in [-0.2, -0.15) is 0 Å². The number of likely N-dealkylation sites (tertiary alicyclic amines) is 1. The molecule has 2 heterocycles. The van der Waals surface area contributed by atoms with Gasteiger partial charge in [-0.1, -0.05) is 0 Å². The zero-order chi connectivity index (χ0) is 17.9. The number of hydrogen-bond donors (Lipinski definition) is 1. The molecule has 1 atom stereocenters. The van der Waals surface area contributed by atoms with Crippen molar-refractivity contribution >= 4 is 17.8 Å². The Hall–Kier alpha value is -2.31. The number of carboxylic acids is 1. The second kappa shape index (κ2) is 7.51. The second-order valence-electron chi connectivity index (χ2n) is 6.29. The third-order valence-electron chi connectivity index (χ3n) is 4.37. The number of nitrogens with zero attached hydrogens (tertiary/aromatic N) is 2. The summed E-state index contributed by atoms with van der Waals surface area (Å²) in [6.07, 6.45) is 1.97. The molecule has 0 spiro atoms. The van der Waals surface area contributed by atoms with Crippen LogP contribution in [0.15, 0.2) is 10.5 Å². The first-order valence-electron chi connectivity index (χ1n) is 8.15. The van der Waals surface area contributed by atoms with Crippen LogP contribution < -0.4 is 0 Å². The first-order chi connectivity index (χ1) is 11.3. The van der Waals surface area contributed by atoms with Crippen LogP contribution in [0.5, 0.6) is 0 Å². The molecule has 0 bridgehead atoms. The fraction of sp³-hybridized carbons (Fsp3) is 0.588. The molecule has 1 fully saturated rings. The Labute approximate surface area is 141 Å². The average Bonchev–Trinajstić information content (AvgIpc) is 2.71. The fourth-order valence-electron chi connectivity index (χ4n) is 3.23. The molecule has 7 heteroatoms. The SMILES string of the molecule is CC(=O)N(CC(=O)O)C1CCCN(C(=O)c2oc(C)cc2C)CC1. The zero-order valence-corrected chi connectivity index (χ0v) is 14.4. The molecule has 1 unspecified atom stereocenters. The molecule has 2 amide bonds. The van der Waals surface area contributed by atoms with E-state index in [9.17, 15) is 14.4 Å². The number of furan rings is 1. The quantitative estimate of drug-likeness (QED) is 0.905. The molecule has 1 N–H and O–H groups in total. The Morgan fingerprint density at radius 1 is 1.29 bits per heavy atom. The highest BCUT2D eigenvalue weighted by molar-refractivity contribution is 5.93. The maximum Gasteiger partial charge on any atom is 0.323 e. The summed E-state index contributed by atoms with van der Waals surface area (Å²) >= 11 is 0. The molecule has 1 aliphatic heterocycles. The molecule has 0 aliphatic carbocycles. The lowest BCUT2D eigenvalue weighted by Crippen LogP contribution is -2.43. The van der Waals surface area contributed by atoms with Crippen LogP contribution in [0.1, 0.15) is 48.1 Å². The lowest BCUT2D eigenvalue weighted by atomic mass is 10.1. The van der Waals surface area contributed by atoms with Gasteiger partial charge in [0, 0.05) is 31.6 Å². The predicted molar refractivity (Wildman–Crippen MR) is 86.7 cm³/mol. The fourth-order valence-corrected chi connectivity index (χ4v) is 3.23. The molecule has 0 aromatic carbocycles. The molecular formula is C17H24N2O5. The lowest BCUT2D eigenvalue weighted by molar-refractivity contribution is -0.145. The average molecular weight is 336 g/mol. The molecule has 132 valence electrons. The maximum atomic E-state index is 12.6. The van der Waals surface area contributed by atoms with Crippen LogP contribution in [-0.2, 0) is 9.59 Å². The van der Waals surface area contributed by atoms with Crippen LogP contribution >= 0.6 is 0 Å². The highest BCUT2D eigenvalue weighted by Gasteiger charge is 2.29. The molecule has 1 aromatic rings. The van der Waals surface area contributed by atoms with Crippen molar-refractivity contribution < 1.29 is 23.9 Å². The Morgan fingerprint density at radius 2 is 2.00 bits per heavy atom. The number of aryl methyl sites for hydroxylation is 2. The van der Waals surface area contributed by atoms with E-state index in [1.54, 1.807) is 11.8 Å². The van der Waals surface area contributed by atoms with E-state index in [1.165, 1.54) is 11.8 Å². The molecule has 0 radical (unpaired) electrons. The van der Waals surface area contributed by atoms with E-state index in [0.29, 0.717) is 37.5 Å². The molecule has 24 heavy (non-hydrogen) atoms. The van der Waals surface area contributed by atoms with E-state index in [2.05, 4.69) is 0 Å². The van der Waals surface area contributed by atoms with Crippen molar-refractivity contribution in [1.29, 1.82) is 0 Å². The Morgan fingerprint density at radius 3 is 2.54 bits per heavy atom. The van der Waals surface area contributed by atoms with Crippen LogP contribution in [-0.4, -0.2) is 58.4 Å². The van der Waals surface area contributed by atoms with Gasteiger partial charge in [-0.3, -0.25) is 14.4 Å². The molecule has 1 saturated heterocycles. The summed E-state index contributed by atoms with van der Waals surface area (Å²) in [5.74, 6) is -0.356. The van der Waals surface area contributed by atoms with Crippen molar-refractivity contribution in [3.8, 4) is 0 Å². The minimum absolute atomic E-state index is 0.145. The highest BCUT2D eigenvalue weighted by atomic mass is 16.4. The van der Waals surface area contributed by atoms with E-state index >= 15 is 0 Å². The van der Waals surface area contributed by atoms with Gasteiger partial charge < -0.3 is 19.3 Å². The van der Waals surface area contributed by atoms with E-state index in [0.717, 1.165) is 12.0 Å². The minimum Gasteiger partial charge on any atom is -0.480 e. The van der Waals surface area contributed by atoms with Gasteiger partial charge in [-0.25, -0.2) is 0 Å². The number of hydrogen-bond acceptors (Lipinski definition) is 4. The summed E-state index contributed by atoms with van der Waals surface area (Å²) in [5, 5.41) is 8.98. The van der Waals surface area contributed by atoms with Crippen molar-refractivity contribution in [2.24, 2.45) is 0 Å². The van der Waals surface area contributed by atoms with Gasteiger partial charge in [0.2, 0.25) is 5.91 Å². The lowest BCUT2D eigenvalue weighted by Gasteiger charge is -2.28.